The van der Waals surface area contributed by atoms with Gasteiger partial charge in [0.2, 0.25) is 0 Å². The van der Waals surface area contributed by atoms with Gasteiger partial charge in [-0.3, -0.25) is 4.79 Å². The maximum atomic E-state index is 11.2. The topological polar surface area (TPSA) is 35.5 Å². The van der Waals surface area contributed by atoms with Crippen molar-refractivity contribution in [3.8, 4) is 5.75 Å². The summed E-state index contributed by atoms with van der Waals surface area (Å²) >= 11 is 0. The number of benzene rings is 2. The molecule has 0 aromatic heterocycles. The van der Waals surface area contributed by atoms with Gasteiger partial charge in [-0.1, -0.05) is 42.0 Å². The van der Waals surface area contributed by atoms with Crippen LogP contribution in [0.4, 0.5) is 0 Å². The Balaban J connectivity index is 1.59. The second kappa shape index (κ2) is 10.1. The standard InChI is InChI=1S/C25H30O3/c1-19-10-14-21(15-11-19)24-8-4-3-7-22(24)18-28-23-16-12-20(13-17-23)6-5-9-25(26)27-2/h10-17H,3-9,18H2,1-2H3. The van der Waals surface area contributed by atoms with E-state index in [1.54, 1.807) is 0 Å². The van der Waals surface area contributed by atoms with Crippen LogP contribution >= 0.6 is 0 Å². The Morgan fingerprint density at radius 3 is 2.39 bits per heavy atom. The van der Waals surface area contributed by atoms with Gasteiger partial charge < -0.3 is 9.47 Å². The molecule has 3 heteroatoms. The number of hydrogen-bond donors (Lipinski definition) is 0. The highest BCUT2D eigenvalue weighted by molar-refractivity contribution is 5.70. The zero-order chi connectivity index (χ0) is 19.8. The van der Waals surface area contributed by atoms with E-state index in [4.69, 9.17) is 4.74 Å². The maximum Gasteiger partial charge on any atom is 0.305 e. The molecule has 0 atom stereocenters. The molecular weight excluding hydrogens is 348 g/mol. The Morgan fingerprint density at radius 2 is 1.68 bits per heavy atom. The number of hydrogen-bond acceptors (Lipinski definition) is 3. The summed E-state index contributed by atoms with van der Waals surface area (Å²) < 4.78 is 10.8. The summed E-state index contributed by atoms with van der Waals surface area (Å²) in [5.41, 5.74) is 6.74. The van der Waals surface area contributed by atoms with Crippen molar-refractivity contribution in [3.63, 3.8) is 0 Å². The molecule has 28 heavy (non-hydrogen) atoms. The largest absolute Gasteiger partial charge is 0.489 e. The van der Waals surface area contributed by atoms with Crippen LogP contribution in [-0.2, 0) is 16.0 Å². The van der Waals surface area contributed by atoms with Crippen molar-refractivity contribution in [2.45, 2.75) is 51.9 Å². The monoisotopic (exact) mass is 378 g/mol. The van der Waals surface area contributed by atoms with Crippen LogP contribution in [0.2, 0.25) is 0 Å². The number of esters is 1. The average Bonchev–Trinajstić information content (AvgIpc) is 2.74. The van der Waals surface area contributed by atoms with Crippen LogP contribution in [0.5, 0.6) is 5.75 Å². The SMILES string of the molecule is COC(=O)CCCc1ccc(OCC2=C(c3ccc(C)cc3)CCCC2)cc1. The van der Waals surface area contributed by atoms with Gasteiger partial charge in [0.25, 0.3) is 0 Å². The summed E-state index contributed by atoms with van der Waals surface area (Å²) in [6, 6.07) is 17.1. The molecule has 0 saturated heterocycles. The van der Waals surface area contributed by atoms with Crippen molar-refractivity contribution in [2.75, 3.05) is 13.7 Å². The Hall–Kier alpha value is -2.55. The average molecular weight is 379 g/mol. The van der Waals surface area contributed by atoms with Crippen molar-refractivity contribution in [2.24, 2.45) is 0 Å². The number of aryl methyl sites for hydroxylation is 2. The molecule has 0 amide bonds. The van der Waals surface area contributed by atoms with E-state index in [1.807, 2.05) is 12.1 Å². The fourth-order valence-electron chi connectivity index (χ4n) is 3.69. The third-order valence-electron chi connectivity index (χ3n) is 5.39. The van der Waals surface area contributed by atoms with Gasteiger partial charge in [0.1, 0.15) is 12.4 Å². The molecular formula is C25H30O3. The van der Waals surface area contributed by atoms with Crippen molar-refractivity contribution in [3.05, 3.63) is 70.8 Å². The van der Waals surface area contributed by atoms with E-state index < -0.39 is 0 Å². The normalized spacial score (nSPS) is 14.1. The van der Waals surface area contributed by atoms with Crippen LogP contribution < -0.4 is 4.74 Å². The number of carbonyl (C=O) groups excluding carboxylic acids is 1. The third-order valence-corrected chi connectivity index (χ3v) is 5.39. The van der Waals surface area contributed by atoms with Gasteiger partial charge in [0.05, 0.1) is 7.11 Å². The summed E-state index contributed by atoms with van der Waals surface area (Å²) in [6.07, 6.45) is 6.90. The lowest BCUT2D eigenvalue weighted by molar-refractivity contribution is -0.140. The Bertz CT molecular complexity index is 801. The molecule has 0 bridgehead atoms. The maximum absolute atomic E-state index is 11.2. The van der Waals surface area contributed by atoms with Gasteiger partial charge >= 0.3 is 5.97 Å². The Morgan fingerprint density at radius 1 is 0.964 bits per heavy atom. The summed E-state index contributed by atoms with van der Waals surface area (Å²) in [7, 11) is 1.43. The van der Waals surface area contributed by atoms with Crippen molar-refractivity contribution >= 4 is 11.5 Å². The summed E-state index contributed by atoms with van der Waals surface area (Å²) in [5.74, 6) is 0.753. The van der Waals surface area contributed by atoms with E-state index >= 15 is 0 Å². The Labute approximate surface area is 168 Å². The fourth-order valence-corrected chi connectivity index (χ4v) is 3.69. The predicted molar refractivity (Wildman–Crippen MR) is 113 cm³/mol. The minimum Gasteiger partial charge on any atom is -0.489 e. The van der Waals surface area contributed by atoms with Crippen LogP contribution in [0, 0.1) is 6.92 Å². The fraction of sp³-hybridized carbons (Fsp3) is 0.400. The summed E-state index contributed by atoms with van der Waals surface area (Å²) in [6.45, 7) is 2.78. The van der Waals surface area contributed by atoms with Gasteiger partial charge in [-0.05, 0) is 79.9 Å². The molecule has 0 unspecified atom stereocenters. The lowest BCUT2D eigenvalue weighted by atomic mass is 9.87. The predicted octanol–water partition coefficient (Wildman–Crippen LogP) is 5.90. The minimum absolute atomic E-state index is 0.148. The molecule has 0 aliphatic heterocycles. The van der Waals surface area contributed by atoms with Crippen LogP contribution in [0.25, 0.3) is 5.57 Å². The lowest BCUT2D eigenvalue weighted by Crippen LogP contribution is -2.08. The first-order valence-electron chi connectivity index (χ1n) is 10.2. The lowest BCUT2D eigenvalue weighted by Gasteiger charge is -2.21. The van der Waals surface area contributed by atoms with Crippen LogP contribution in [0.3, 0.4) is 0 Å². The first-order valence-corrected chi connectivity index (χ1v) is 10.2. The highest BCUT2D eigenvalue weighted by Gasteiger charge is 2.15. The molecule has 0 fully saturated rings. The first-order chi connectivity index (χ1) is 13.7. The zero-order valence-electron chi connectivity index (χ0n) is 17.0. The van der Waals surface area contributed by atoms with Crippen molar-refractivity contribution in [1.82, 2.24) is 0 Å². The second-order valence-corrected chi connectivity index (χ2v) is 7.52. The van der Waals surface area contributed by atoms with E-state index in [0.29, 0.717) is 13.0 Å². The van der Waals surface area contributed by atoms with Gasteiger partial charge in [-0.15, -0.1) is 0 Å². The second-order valence-electron chi connectivity index (χ2n) is 7.52. The molecule has 0 heterocycles. The molecule has 0 saturated carbocycles. The van der Waals surface area contributed by atoms with Gasteiger partial charge in [-0.25, -0.2) is 0 Å². The molecule has 148 valence electrons. The molecule has 3 nitrogen and oxygen atoms in total. The van der Waals surface area contributed by atoms with Gasteiger partial charge in [0, 0.05) is 6.42 Å². The smallest absolute Gasteiger partial charge is 0.305 e. The molecule has 1 aliphatic rings. The molecule has 2 aromatic carbocycles. The molecule has 0 radical (unpaired) electrons. The van der Waals surface area contributed by atoms with Crippen LogP contribution in [0.1, 0.15) is 55.2 Å². The van der Waals surface area contributed by atoms with Gasteiger partial charge in [-0.2, -0.15) is 0 Å². The molecule has 0 spiro atoms. The minimum atomic E-state index is -0.148. The molecule has 3 rings (SSSR count). The van der Waals surface area contributed by atoms with Crippen LogP contribution in [-0.4, -0.2) is 19.7 Å². The summed E-state index contributed by atoms with van der Waals surface area (Å²) in [5, 5.41) is 0. The number of methoxy groups -OCH3 is 1. The van der Waals surface area contributed by atoms with E-state index in [9.17, 15) is 4.79 Å². The third kappa shape index (κ3) is 5.72. The molecule has 0 N–H and O–H groups in total. The number of allylic oxidation sites excluding steroid dienone is 1. The van der Waals surface area contributed by atoms with E-state index in [1.165, 1.54) is 47.8 Å². The first kappa shape index (κ1) is 20.2. The number of rotatable bonds is 8. The summed E-state index contributed by atoms with van der Waals surface area (Å²) in [4.78, 5) is 11.2. The number of carbonyl (C=O) groups is 1. The quantitative estimate of drug-likeness (QED) is 0.537. The van der Waals surface area contributed by atoms with Gasteiger partial charge in [0.15, 0.2) is 0 Å². The van der Waals surface area contributed by atoms with Crippen molar-refractivity contribution < 1.29 is 14.3 Å². The van der Waals surface area contributed by atoms with E-state index in [-0.39, 0.29) is 5.97 Å². The highest BCUT2D eigenvalue weighted by Crippen LogP contribution is 2.33. The molecule has 2 aromatic rings. The van der Waals surface area contributed by atoms with E-state index in [0.717, 1.165) is 31.4 Å². The van der Waals surface area contributed by atoms with E-state index in [2.05, 4.69) is 48.1 Å². The zero-order valence-corrected chi connectivity index (χ0v) is 17.0. The van der Waals surface area contributed by atoms with Crippen molar-refractivity contribution in [1.29, 1.82) is 0 Å². The Kier molecular flexibility index (Phi) is 7.30. The molecule has 1 aliphatic carbocycles. The van der Waals surface area contributed by atoms with Crippen LogP contribution in [0.15, 0.2) is 54.1 Å². The highest BCUT2D eigenvalue weighted by atomic mass is 16.5. The number of ether oxygens (including phenoxy) is 2.